The number of piperazine rings is 1. The Kier molecular flexibility index (Phi) is 11.2. The zero-order chi connectivity index (χ0) is 34.5. The Labute approximate surface area is 302 Å². The van der Waals surface area contributed by atoms with Crippen molar-refractivity contribution < 1.29 is 19.2 Å². The number of rotatable bonds is 9. The lowest BCUT2D eigenvalue weighted by Gasteiger charge is -2.39. The van der Waals surface area contributed by atoms with Crippen LogP contribution in [0, 0.1) is 0 Å². The van der Waals surface area contributed by atoms with Gasteiger partial charge in [0.05, 0.1) is 12.2 Å². The molecule has 6 rings (SSSR count). The van der Waals surface area contributed by atoms with E-state index in [1.54, 1.807) is 29.4 Å². The second-order valence-corrected chi connectivity index (χ2v) is 14.4. The van der Waals surface area contributed by atoms with E-state index in [1.165, 1.54) is 0 Å². The number of pyridine rings is 1. The van der Waals surface area contributed by atoms with E-state index in [2.05, 4.69) is 57.3 Å². The molecule has 49 heavy (non-hydrogen) atoms. The van der Waals surface area contributed by atoms with Crippen LogP contribution in [0.3, 0.4) is 0 Å². The van der Waals surface area contributed by atoms with Crippen molar-refractivity contribution in [2.45, 2.75) is 37.8 Å². The van der Waals surface area contributed by atoms with Crippen LogP contribution in [-0.2, 0) is 16.0 Å². The van der Waals surface area contributed by atoms with Gasteiger partial charge in [-0.2, -0.15) is 0 Å². The molecule has 3 aliphatic rings. The fourth-order valence-electron chi connectivity index (χ4n) is 6.77. The molecule has 0 aliphatic carbocycles. The lowest BCUT2D eigenvalue weighted by atomic mass is 9.99. The maximum atomic E-state index is 14.0. The minimum Gasteiger partial charge on any atom is -0.397 e. The summed E-state index contributed by atoms with van der Waals surface area (Å²) in [6, 6.07) is 13.8. The number of para-hydroxylation sites is 1. The Bertz CT molecular complexity index is 1670. The second-order valence-electron chi connectivity index (χ2n) is 12.7. The average molecular weight is 797 g/mol. The van der Waals surface area contributed by atoms with Gasteiger partial charge >= 0.3 is 6.03 Å². The summed E-state index contributed by atoms with van der Waals surface area (Å²) in [5, 5.41) is 5.94. The molecule has 4 heterocycles. The summed E-state index contributed by atoms with van der Waals surface area (Å²) >= 11 is 6.79. The predicted molar refractivity (Wildman–Crippen MR) is 195 cm³/mol. The first-order valence-corrected chi connectivity index (χ1v) is 18.1. The number of Topliss-reactive ketones (excluding diaryl/α,β-unsaturated/α-hetero) is 1. The number of urea groups is 1. The molecule has 2 saturated heterocycles. The molecule has 4 N–H and O–H groups in total. The van der Waals surface area contributed by atoms with E-state index in [0.29, 0.717) is 65.8 Å². The highest BCUT2D eigenvalue weighted by molar-refractivity contribution is 9.11. The molecular formula is C35H40Br2N8O4. The van der Waals surface area contributed by atoms with Crippen molar-refractivity contribution >= 4 is 72.6 Å². The van der Waals surface area contributed by atoms with Crippen LogP contribution in [0.4, 0.5) is 21.9 Å². The number of piperidine rings is 1. The van der Waals surface area contributed by atoms with Crippen LogP contribution in [0.1, 0.15) is 35.2 Å². The number of likely N-dealkylation sites (tertiary alicyclic amines) is 1. The van der Waals surface area contributed by atoms with E-state index in [4.69, 9.17) is 5.73 Å². The van der Waals surface area contributed by atoms with Crippen molar-refractivity contribution in [3.8, 4) is 0 Å². The monoisotopic (exact) mass is 794 g/mol. The van der Waals surface area contributed by atoms with Crippen LogP contribution in [0.15, 0.2) is 69.9 Å². The SMILES string of the molecule is Nc1c(Br)cc(C(=O)C[C@@H](NC(=O)CN2CCN(c3ccncc3)CC2)C(=O)N2CCC(N3CCc4ccccc4NC3=O)CC2)cc1Br. The van der Waals surface area contributed by atoms with Gasteiger partial charge in [-0.3, -0.25) is 24.3 Å². The molecule has 3 aromatic rings. The van der Waals surface area contributed by atoms with E-state index >= 15 is 0 Å². The summed E-state index contributed by atoms with van der Waals surface area (Å²) < 4.78 is 1.12. The molecule has 258 valence electrons. The number of halogens is 2. The molecular weight excluding hydrogens is 756 g/mol. The number of nitrogens with one attached hydrogen (secondary N) is 2. The zero-order valence-electron chi connectivity index (χ0n) is 27.1. The number of benzene rings is 2. The van der Waals surface area contributed by atoms with Crippen LogP contribution in [0.5, 0.6) is 0 Å². The van der Waals surface area contributed by atoms with Crippen LogP contribution in [0.2, 0.25) is 0 Å². The maximum absolute atomic E-state index is 14.0. The number of ketones is 1. The fourth-order valence-corrected chi connectivity index (χ4v) is 7.95. The summed E-state index contributed by atoms with van der Waals surface area (Å²) in [4.78, 5) is 66.1. The standard InChI is InChI=1S/C35H40Br2N8O4/c36-27-19-24(20-28(37)33(27)38)31(46)21-30(40-32(47)22-42-15-17-43(18-16-42)25-5-10-39-11-6-25)34(48)44-12-8-26(9-13-44)45-14-7-23-3-1-2-4-29(23)41-35(45)49/h1-6,10-11,19-20,26,30H,7-9,12-18,21-22,38H2,(H,40,47)(H,41,49)/t30-/m1/s1. The van der Waals surface area contributed by atoms with Gasteiger partial charge in [0, 0.05) is 96.6 Å². The van der Waals surface area contributed by atoms with Crippen molar-refractivity contribution in [1.82, 2.24) is 25.0 Å². The Morgan fingerprint density at radius 2 is 1.61 bits per heavy atom. The Balaban J connectivity index is 1.09. The van der Waals surface area contributed by atoms with Crippen molar-refractivity contribution in [2.24, 2.45) is 0 Å². The van der Waals surface area contributed by atoms with E-state index in [0.717, 1.165) is 36.4 Å². The number of aromatic nitrogens is 1. The minimum absolute atomic E-state index is 0.0247. The first kappa shape index (κ1) is 34.8. The summed E-state index contributed by atoms with van der Waals surface area (Å²) in [6.07, 6.45) is 5.29. The number of fused-ring (bicyclic) bond motifs is 1. The van der Waals surface area contributed by atoms with Gasteiger partial charge in [0.1, 0.15) is 6.04 Å². The third kappa shape index (κ3) is 8.42. The Morgan fingerprint density at radius 3 is 2.31 bits per heavy atom. The van der Waals surface area contributed by atoms with Gasteiger partial charge in [-0.15, -0.1) is 0 Å². The summed E-state index contributed by atoms with van der Waals surface area (Å²) in [6.45, 7) is 4.43. The topological polar surface area (TPSA) is 144 Å². The first-order chi connectivity index (χ1) is 23.7. The van der Waals surface area contributed by atoms with Crippen molar-refractivity contribution in [3.63, 3.8) is 0 Å². The molecule has 14 heteroatoms. The molecule has 1 aromatic heterocycles. The largest absolute Gasteiger partial charge is 0.397 e. The Morgan fingerprint density at radius 1 is 0.939 bits per heavy atom. The number of nitrogens with two attached hydrogens (primary N) is 1. The average Bonchev–Trinajstić information content (AvgIpc) is 3.28. The highest BCUT2D eigenvalue weighted by Gasteiger charge is 2.35. The number of hydrogen-bond donors (Lipinski definition) is 3. The fraction of sp³-hybridized carbons (Fsp3) is 0.400. The van der Waals surface area contributed by atoms with Crippen LogP contribution >= 0.6 is 31.9 Å². The molecule has 0 radical (unpaired) electrons. The molecule has 1 atom stereocenters. The lowest BCUT2D eigenvalue weighted by Crippen LogP contribution is -2.56. The zero-order valence-corrected chi connectivity index (χ0v) is 30.3. The van der Waals surface area contributed by atoms with E-state index in [9.17, 15) is 19.2 Å². The predicted octanol–water partition coefficient (Wildman–Crippen LogP) is 4.15. The van der Waals surface area contributed by atoms with Gasteiger partial charge in [-0.25, -0.2) is 4.79 Å². The minimum atomic E-state index is -1.04. The van der Waals surface area contributed by atoms with E-state index in [1.807, 2.05) is 41.3 Å². The van der Waals surface area contributed by atoms with Crippen molar-refractivity contribution in [1.29, 1.82) is 0 Å². The number of nitrogen functional groups attached to an aromatic ring is 1. The number of nitrogens with zero attached hydrogens (tertiary/aromatic N) is 5. The number of carbonyl (C=O) groups is 4. The lowest BCUT2D eigenvalue weighted by molar-refractivity contribution is -0.137. The third-order valence-corrected chi connectivity index (χ3v) is 10.9. The molecule has 12 nitrogen and oxygen atoms in total. The van der Waals surface area contributed by atoms with Crippen LogP contribution < -0.4 is 21.3 Å². The normalized spacial score (nSPS) is 17.9. The molecule has 0 spiro atoms. The van der Waals surface area contributed by atoms with Crippen molar-refractivity contribution in [3.05, 3.63) is 81.0 Å². The van der Waals surface area contributed by atoms with Gasteiger partial charge < -0.3 is 31.1 Å². The maximum Gasteiger partial charge on any atom is 0.322 e. The molecule has 2 aromatic carbocycles. The van der Waals surface area contributed by atoms with Gasteiger partial charge in [-0.05, 0) is 87.0 Å². The highest BCUT2D eigenvalue weighted by Crippen LogP contribution is 2.30. The Hall–Kier alpha value is -4.01. The molecule has 2 fully saturated rings. The number of anilines is 3. The van der Waals surface area contributed by atoms with Gasteiger partial charge in [0.15, 0.2) is 5.78 Å². The summed E-state index contributed by atoms with van der Waals surface area (Å²) in [5.74, 6) is -0.899. The molecule has 0 unspecified atom stereocenters. The molecule has 0 saturated carbocycles. The quantitative estimate of drug-likeness (QED) is 0.217. The summed E-state index contributed by atoms with van der Waals surface area (Å²) in [7, 11) is 0. The highest BCUT2D eigenvalue weighted by atomic mass is 79.9. The number of amides is 4. The van der Waals surface area contributed by atoms with Crippen LogP contribution in [-0.4, -0.2) is 108 Å². The third-order valence-electron chi connectivity index (χ3n) is 9.55. The van der Waals surface area contributed by atoms with Crippen molar-refractivity contribution in [2.75, 3.05) is 68.3 Å². The smallest absolute Gasteiger partial charge is 0.322 e. The van der Waals surface area contributed by atoms with Crippen LogP contribution in [0.25, 0.3) is 0 Å². The number of hydrogen-bond acceptors (Lipinski definition) is 8. The van der Waals surface area contributed by atoms with Gasteiger partial charge in [0.2, 0.25) is 11.8 Å². The summed E-state index contributed by atoms with van der Waals surface area (Å²) in [5.41, 5.74) is 9.90. The second kappa shape index (κ2) is 15.7. The molecule has 0 bridgehead atoms. The van der Waals surface area contributed by atoms with Gasteiger partial charge in [0.25, 0.3) is 0 Å². The number of carbonyl (C=O) groups excluding carboxylic acids is 4. The molecule has 4 amide bonds. The first-order valence-electron chi connectivity index (χ1n) is 16.5. The van der Waals surface area contributed by atoms with Gasteiger partial charge in [-0.1, -0.05) is 18.2 Å². The van der Waals surface area contributed by atoms with E-state index in [-0.39, 0.29) is 42.6 Å². The molecule has 3 aliphatic heterocycles. The van der Waals surface area contributed by atoms with E-state index < -0.39 is 6.04 Å².